The van der Waals surface area contributed by atoms with Gasteiger partial charge in [-0.05, 0) is 103 Å². The second-order valence-electron chi connectivity index (χ2n) is 16.3. The van der Waals surface area contributed by atoms with Gasteiger partial charge in [-0.3, -0.25) is 4.99 Å². The van der Waals surface area contributed by atoms with Crippen LogP contribution in [0.25, 0.3) is 39.1 Å². The monoisotopic (exact) mass is 791 g/mol. The molecule has 12 rings (SSSR count). The highest BCUT2D eigenvalue weighted by Gasteiger charge is 2.51. The topological polar surface area (TPSA) is 27.6 Å². The van der Waals surface area contributed by atoms with Crippen molar-refractivity contribution in [1.29, 1.82) is 0 Å². The quantitative estimate of drug-likeness (QED) is 0.182. The number of aliphatic imine (C=N–C) groups is 1. The Balaban J connectivity index is 1.04. The predicted octanol–water partition coefficient (Wildman–Crippen LogP) is 14.3. The smallest absolute Gasteiger partial charge is 0.145 e. The molecule has 3 heteroatoms. The molecule has 62 heavy (non-hydrogen) atoms. The Labute approximate surface area is 362 Å². The molecule has 2 aliphatic heterocycles. The van der Waals surface area contributed by atoms with Gasteiger partial charge in [-0.25, -0.2) is 0 Å². The summed E-state index contributed by atoms with van der Waals surface area (Å²) in [5, 5.41) is 3.79. The van der Waals surface area contributed by atoms with Gasteiger partial charge in [-0.15, -0.1) is 0 Å². The molecule has 0 saturated carbocycles. The molecule has 1 aliphatic carbocycles. The van der Waals surface area contributed by atoms with E-state index in [0.29, 0.717) is 0 Å². The molecule has 1 N–H and O–H groups in total. The minimum absolute atomic E-state index is 0.256. The van der Waals surface area contributed by atoms with Crippen LogP contribution in [0.5, 0.6) is 0 Å². The number of rotatable bonds is 6. The average molecular weight is 792 g/mol. The summed E-state index contributed by atoms with van der Waals surface area (Å²) in [4.78, 5) is 7.90. The van der Waals surface area contributed by atoms with E-state index >= 15 is 0 Å². The Morgan fingerprint density at radius 2 is 0.887 bits per heavy atom. The third-order valence-corrected chi connectivity index (χ3v) is 12.9. The average Bonchev–Trinajstić information content (AvgIpc) is 3.65. The van der Waals surface area contributed by atoms with Gasteiger partial charge in [0.25, 0.3) is 0 Å². The number of fused-ring (bicyclic) bond motifs is 9. The minimum Gasteiger partial charge on any atom is -0.360 e. The normalized spacial score (nSPS) is 15.4. The fourth-order valence-corrected chi connectivity index (χ4v) is 10.2. The van der Waals surface area contributed by atoms with Crippen molar-refractivity contribution < 1.29 is 0 Å². The molecule has 0 amide bonds. The molecule has 1 spiro atoms. The van der Waals surface area contributed by atoms with E-state index in [1.807, 2.05) is 0 Å². The maximum absolute atomic E-state index is 5.46. The standard InChI is InChI=1S/C59H41N3/c1-4-18-40(19-5-1)41-32-34-42(35-33-41)54-39-55(61-58(60-54)43-20-6-2-7-21-43)49-26-11-10-24-46(49)44-36-37-48-47-25-12-13-27-50(47)59(53(48)38-44)51-28-14-16-30-56(51)62(45-22-8-3-9-23-45)57-31-17-15-29-52(57)59/h1-39,58,60H. The van der Waals surface area contributed by atoms with Crippen LogP contribution in [0.3, 0.4) is 0 Å². The van der Waals surface area contributed by atoms with Crippen molar-refractivity contribution in [2.45, 2.75) is 11.6 Å². The van der Waals surface area contributed by atoms with Crippen LogP contribution < -0.4 is 10.2 Å². The summed E-state index contributed by atoms with van der Waals surface area (Å²) in [5.74, 6) is 0. The van der Waals surface area contributed by atoms with Gasteiger partial charge in [0.2, 0.25) is 0 Å². The molecule has 2 heterocycles. The van der Waals surface area contributed by atoms with Gasteiger partial charge < -0.3 is 10.2 Å². The Morgan fingerprint density at radius 1 is 0.387 bits per heavy atom. The van der Waals surface area contributed by atoms with Crippen molar-refractivity contribution in [3.05, 3.63) is 276 Å². The first-order valence-electron chi connectivity index (χ1n) is 21.4. The Morgan fingerprint density at radius 3 is 1.58 bits per heavy atom. The molecule has 9 aromatic rings. The summed E-state index contributed by atoms with van der Waals surface area (Å²) in [7, 11) is 0. The summed E-state index contributed by atoms with van der Waals surface area (Å²) < 4.78 is 0. The number of benzene rings is 9. The number of hydrogen-bond acceptors (Lipinski definition) is 3. The van der Waals surface area contributed by atoms with E-state index in [4.69, 9.17) is 4.99 Å². The highest BCUT2D eigenvalue weighted by atomic mass is 15.2. The lowest BCUT2D eigenvalue weighted by molar-refractivity contribution is 0.664. The maximum Gasteiger partial charge on any atom is 0.145 e. The van der Waals surface area contributed by atoms with Crippen molar-refractivity contribution in [3.63, 3.8) is 0 Å². The maximum atomic E-state index is 5.46. The van der Waals surface area contributed by atoms with E-state index in [1.54, 1.807) is 0 Å². The molecule has 1 unspecified atom stereocenters. The number of para-hydroxylation sites is 3. The Bertz CT molecular complexity index is 3160. The highest BCUT2D eigenvalue weighted by Crippen LogP contribution is 2.63. The molecule has 292 valence electrons. The first kappa shape index (κ1) is 35.9. The molecular weight excluding hydrogens is 751 g/mol. The van der Waals surface area contributed by atoms with Gasteiger partial charge >= 0.3 is 0 Å². The Hall–Kier alpha value is -8.01. The summed E-state index contributed by atoms with van der Waals surface area (Å²) in [5.41, 5.74) is 20.7. The lowest BCUT2D eigenvalue weighted by Gasteiger charge is -2.45. The van der Waals surface area contributed by atoms with Crippen LogP contribution in [0.15, 0.2) is 242 Å². The fourth-order valence-electron chi connectivity index (χ4n) is 10.2. The van der Waals surface area contributed by atoms with Crippen molar-refractivity contribution in [2.75, 3.05) is 4.90 Å². The molecular formula is C59H41N3. The second kappa shape index (κ2) is 14.6. The van der Waals surface area contributed by atoms with Crippen molar-refractivity contribution >= 4 is 28.5 Å². The highest BCUT2D eigenvalue weighted by molar-refractivity contribution is 6.16. The summed E-state index contributed by atoms with van der Waals surface area (Å²) in [6.07, 6.45) is 1.97. The molecule has 0 saturated heterocycles. The van der Waals surface area contributed by atoms with E-state index in [9.17, 15) is 0 Å². The first-order valence-corrected chi connectivity index (χ1v) is 21.4. The summed E-state index contributed by atoms with van der Waals surface area (Å²) >= 11 is 0. The number of hydrogen-bond donors (Lipinski definition) is 1. The van der Waals surface area contributed by atoms with Gasteiger partial charge in [0.05, 0.1) is 22.5 Å². The molecule has 0 bridgehead atoms. The van der Waals surface area contributed by atoms with E-state index in [0.717, 1.165) is 44.9 Å². The van der Waals surface area contributed by atoms with Crippen molar-refractivity contribution in [3.8, 4) is 33.4 Å². The Kier molecular flexibility index (Phi) is 8.46. The number of nitrogens with one attached hydrogen (secondary N) is 1. The van der Waals surface area contributed by atoms with Gasteiger partial charge in [0, 0.05) is 16.9 Å². The molecule has 3 aliphatic rings. The molecule has 0 aromatic heterocycles. The van der Waals surface area contributed by atoms with Crippen LogP contribution in [-0.4, -0.2) is 5.71 Å². The van der Waals surface area contributed by atoms with Crippen LogP contribution in [0.4, 0.5) is 17.1 Å². The molecule has 0 radical (unpaired) electrons. The van der Waals surface area contributed by atoms with Crippen LogP contribution in [-0.2, 0) is 5.41 Å². The number of allylic oxidation sites excluding steroid dienone is 1. The van der Waals surface area contributed by atoms with Crippen molar-refractivity contribution in [2.24, 2.45) is 4.99 Å². The van der Waals surface area contributed by atoms with Crippen LogP contribution >= 0.6 is 0 Å². The van der Waals surface area contributed by atoms with E-state index < -0.39 is 5.41 Å². The summed E-state index contributed by atoms with van der Waals surface area (Å²) in [6, 6.07) is 83.7. The summed E-state index contributed by atoms with van der Waals surface area (Å²) in [6.45, 7) is 0. The van der Waals surface area contributed by atoms with E-state index in [-0.39, 0.29) is 6.17 Å². The van der Waals surface area contributed by atoms with E-state index in [2.05, 4.69) is 247 Å². The molecule has 3 nitrogen and oxygen atoms in total. The van der Waals surface area contributed by atoms with Gasteiger partial charge in [0.15, 0.2) is 0 Å². The van der Waals surface area contributed by atoms with Crippen molar-refractivity contribution in [1.82, 2.24) is 5.32 Å². The van der Waals surface area contributed by atoms with Gasteiger partial charge in [0.1, 0.15) is 6.17 Å². The second-order valence-corrected chi connectivity index (χ2v) is 16.3. The van der Waals surface area contributed by atoms with Crippen LogP contribution in [0, 0.1) is 0 Å². The fraction of sp³-hybridized carbons (Fsp3) is 0.0339. The zero-order valence-corrected chi connectivity index (χ0v) is 34.0. The SMILES string of the molecule is C1=C(c2ccc(-c3ccccc3)cc2)NC(c2ccccc2)N=C1c1ccccc1-c1ccc2c(c1)C1(c3ccccc3-2)c2ccccc2N(c2ccccc2)c2ccccc21. The molecule has 9 aromatic carbocycles. The first-order chi connectivity index (χ1) is 30.8. The number of nitrogens with zero attached hydrogens (tertiary/aromatic N) is 2. The largest absolute Gasteiger partial charge is 0.360 e. The molecule has 0 fully saturated rings. The lowest BCUT2D eigenvalue weighted by Crippen LogP contribution is -2.36. The third-order valence-electron chi connectivity index (χ3n) is 12.9. The van der Waals surface area contributed by atoms with Crippen LogP contribution in [0.1, 0.15) is 45.1 Å². The molecule has 1 atom stereocenters. The van der Waals surface area contributed by atoms with Crippen LogP contribution in [0.2, 0.25) is 0 Å². The zero-order valence-electron chi connectivity index (χ0n) is 34.0. The predicted molar refractivity (Wildman–Crippen MR) is 256 cm³/mol. The van der Waals surface area contributed by atoms with E-state index in [1.165, 1.54) is 55.9 Å². The third kappa shape index (κ3) is 5.63. The van der Waals surface area contributed by atoms with Gasteiger partial charge in [-0.1, -0.05) is 200 Å². The number of anilines is 3. The lowest BCUT2D eigenvalue weighted by atomic mass is 9.64. The zero-order chi connectivity index (χ0) is 41.0. The minimum atomic E-state index is -0.543. The van der Waals surface area contributed by atoms with Gasteiger partial charge in [-0.2, -0.15) is 0 Å².